The van der Waals surface area contributed by atoms with Crippen LogP contribution in [0.2, 0.25) is 0 Å². The molecule has 2 nitrogen and oxygen atoms in total. The molecule has 0 aliphatic carbocycles. The number of para-hydroxylation sites is 3. The van der Waals surface area contributed by atoms with E-state index < -0.39 is 6.04 Å². The molecule has 0 fully saturated rings. The molecular weight excluding hydrogens is 605 g/mol. The molecule has 50 heavy (non-hydrogen) atoms. The third kappa shape index (κ3) is 4.57. The topological polar surface area (TPSA) is 9.86 Å². The summed E-state index contributed by atoms with van der Waals surface area (Å²) in [5.74, 6) is 0. The molecule has 2 aromatic heterocycles. The van der Waals surface area contributed by atoms with Crippen LogP contribution in [0.5, 0.6) is 0 Å². The molecule has 234 valence electrons. The molecule has 0 bridgehead atoms. The van der Waals surface area contributed by atoms with Crippen LogP contribution in [-0.4, -0.2) is 9.13 Å². The van der Waals surface area contributed by atoms with E-state index in [2.05, 4.69) is 126 Å². The van der Waals surface area contributed by atoms with Crippen LogP contribution >= 0.6 is 0 Å². The van der Waals surface area contributed by atoms with Crippen molar-refractivity contribution in [2.75, 3.05) is 0 Å². The standard InChI is InChI=1S/C48H32N2/c1-4-14-33(15-5-1)37-28-38(34-16-6-2-7-17-34)30-40(29-37)50-46-23-13-11-21-42(46)44-32-36(25-27-48(44)50)35-24-26-47-43(31-35)41-20-10-12-22-45(41)49(47)39-18-8-3-9-19-39/h1-32H/i3D,8D,9D,18D,19D. The van der Waals surface area contributed by atoms with E-state index in [1.165, 1.54) is 0 Å². The third-order valence-electron chi connectivity index (χ3n) is 9.78. The fourth-order valence-corrected chi connectivity index (χ4v) is 7.51. The average molecular weight is 642 g/mol. The van der Waals surface area contributed by atoms with Crippen LogP contribution < -0.4 is 0 Å². The first-order chi connectivity index (χ1) is 26.9. The van der Waals surface area contributed by atoms with Gasteiger partial charge >= 0.3 is 0 Å². The highest BCUT2D eigenvalue weighted by Crippen LogP contribution is 2.39. The Hall–Kier alpha value is -6.64. The monoisotopic (exact) mass is 641 g/mol. The third-order valence-corrected chi connectivity index (χ3v) is 9.78. The van der Waals surface area contributed by atoms with Gasteiger partial charge in [0.15, 0.2) is 0 Å². The summed E-state index contributed by atoms with van der Waals surface area (Å²) >= 11 is 0. The summed E-state index contributed by atoms with van der Waals surface area (Å²) in [6, 6.07) is 55.6. The molecule has 0 spiro atoms. The molecule has 0 saturated heterocycles. The Bertz CT molecular complexity index is 3060. The highest BCUT2D eigenvalue weighted by molar-refractivity contribution is 6.12. The second-order valence-electron chi connectivity index (χ2n) is 12.6. The zero-order valence-corrected chi connectivity index (χ0v) is 27.0. The molecule has 2 heterocycles. The first-order valence-electron chi connectivity index (χ1n) is 19.3. The fourth-order valence-electron chi connectivity index (χ4n) is 7.51. The maximum Gasteiger partial charge on any atom is 0.0645 e. The van der Waals surface area contributed by atoms with Gasteiger partial charge in [0.1, 0.15) is 0 Å². The Kier molecular flexibility index (Phi) is 5.44. The van der Waals surface area contributed by atoms with Crippen molar-refractivity contribution in [2.45, 2.75) is 0 Å². The molecule has 0 aliphatic rings. The minimum absolute atomic E-state index is 0.144. The summed E-state index contributed by atoms with van der Waals surface area (Å²) < 4.78 is 46.6. The van der Waals surface area contributed by atoms with Gasteiger partial charge in [-0.1, -0.05) is 127 Å². The smallest absolute Gasteiger partial charge is 0.0645 e. The molecule has 0 unspecified atom stereocenters. The number of nitrogens with zero attached hydrogens (tertiary/aromatic N) is 2. The van der Waals surface area contributed by atoms with E-state index in [0.29, 0.717) is 0 Å². The number of hydrogen-bond acceptors (Lipinski definition) is 0. The van der Waals surface area contributed by atoms with Crippen molar-refractivity contribution >= 4 is 43.6 Å². The molecule has 0 N–H and O–H groups in total. The van der Waals surface area contributed by atoms with Gasteiger partial charge in [-0.05, 0) is 100 Å². The quantitative estimate of drug-likeness (QED) is 0.177. The van der Waals surface area contributed by atoms with E-state index in [-0.39, 0.29) is 29.9 Å². The van der Waals surface area contributed by atoms with Crippen molar-refractivity contribution in [1.29, 1.82) is 0 Å². The van der Waals surface area contributed by atoms with Crippen molar-refractivity contribution in [1.82, 2.24) is 9.13 Å². The predicted molar refractivity (Wildman–Crippen MR) is 211 cm³/mol. The van der Waals surface area contributed by atoms with Crippen LogP contribution in [-0.2, 0) is 0 Å². The predicted octanol–water partition coefficient (Wildman–Crippen LogP) is 12.9. The summed E-state index contributed by atoms with van der Waals surface area (Å²) in [5.41, 5.74) is 11.7. The van der Waals surface area contributed by atoms with E-state index in [0.717, 1.165) is 82.7 Å². The summed E-state index contributed by atoms with van der Waals surface area (Å²) in [6.45, 7) is 0. The second kappa shape index (κ2) is 11.5. The molecule has 0 aliphatic heterocycles. The maximum absolute atomic E-state index is 8.76. The van der Waals surface area contributed by atoms with Gasteiger partial charge in [0.25, 0.3) is 0 Å². The van der Waals surface area contributed by atoms with E-state index in [1.54, 1.807) is 4.57 Å². The number of fused-ring (bicyclic) bond motifs is 6. The largest absolute Gasteiger partial charge is 0.309 e. The van der Waals surface area contributed by atoms with Crippen molar-refractivity contribution < 1.29 is 6.85 Å². The molecule has 0 radical (unpaired) electrons. The van der Waals surface area contributed by atoms with Gasteiger partial charge in [-0.2, -0.15) is 0 Å². The summed E-state index contributed by atoms with van der Waals surface area (Å²) in [6.07, 6.45) is 0. The summed E-state index contributed by atoms with van der Waals surface area (Å²) in [5, 5.41) is 4.18. The molecule has 8 aromatic carbocycles. The van der Waals surface area contributed by atoms with E-state index in [4.69, 9.17) is 6.85 Å². The fraction of sp³-hybridized carbons (Fsp3) is 0. The summed E-state index contributed by atoms with van der Waals surface area (Å²) in [4.78, 5) is 0. The van der Waals surface area contributed by atoms with Crippen LogP contribution in [0, 0.1) is 0 Å². The zero-order valence-electron chi connectivity index (χ0n) is 32.0. The first kappa shape index (κ1) is 23.6. The van der Waals surface area contributed by atoms with Gasteiger partial charge in [-0.25, -0.2) is 0 Å². The molecule has 0 amide bonds. The maximum atomic E-state index is 8.76. The van der Waals surface area contributed by atoms with Crippen LogP contribution in [0.25, 0.3) is 88.4 Å². The number of hydrogen-bond donors (Lipinski definition) is 0. The molecule has 10 aromatic rings. The lowest BCUT2D eigenvalue weighted by atomic mass is 9.98. The van der Waals surface area contributed by atoms with Crippen molar-refractivity contribution in [3.8, 4) is 44.8 Å². The minimum Gasteiger partial charge on any atom is -0.309 e. The molecule has 0 saturated carbocycles. The lowest BCUT2D eigenvalue weighted by molar-refractivity contribution is 1.18. The van der Waals surface area contributed by atoms with Crippen molar-refractivity contribution in [3.05, 3.63) is 194 Å². The van der Waals surface area contributed by atoms with Crippen molar-refractivity contribution in [2.24, 2.45) is 0 Å². The average Bonchev–Trinajstić information content (AvgIpc) is 3.75. The van der Waals surface area contributed by atoms with Gasteiger partial charge in [0.2, 0.25) is 0 Å². The van der Waals surface area contributed by atoms with Gasteiger partial charge in [0.05, 0.1) is 28.9 Å². The Balaban J connectivity index is 1.17. The molecule has 2 heteroatoms. The lowest BCUT2D eigenvalue weighted by Gasteiger charge is -2.14. The van der Waals surface area contributed by atoms with Gasteiger partial charge in [-0.15, -0.1) is 0 Å². The number of benzene rings is 8. The Morgan fingerprint density at radius 3 is 1.26 bits per heavy atom. The number of aromatic nitrogens is 2. The van der Waals surface area contributed by atoms with Crippen LogP contribution in [0.15, 0.2) is 194 Å². The lowest BCUT2D eigenvalue weighted by Crippen LogP contribution is -1.96. The molecular formula is C48H32N2. The highest BCUT2D eigenvalue weighted by atomic mass is 15.0. The molecule has 10 rings (SSSR count). The second-order valence-corrected chi connectivity index (χ2v) is 12.6. The van der Waals surface area contributed by atoms with Gasteiger partial charge < -0.3 is 9.13 Å². The highest BCUT2D eigenvalue weighted by Gasteiger charge is 2.17. The zero-order chi connectivity index (χ0) is 37.4. The van der Waals surface area contributed by atoms with Crippen LogP contribution in [0.3, 0.4) is 0 Å². The Morgan fingerprint density at radius 1 is 0.300 bits per heavy atom. The van der Waals surface area contributed by atoms with Crippen molar-refractivity contribution in [3.63, 3.8) is 0 Å². The first-order valence-corrected chi connectivity index (χ1v) is 16.8. The van der Waals surface area contributed by atoms with E-state index in [9.17, 15) is 0 Å². The Labute approximate surface area is 297 Å². The van der Waals surface area contributed by atoms with E-state index in [1.807, 2.05) is 42.5 Å². The normalized spacial score (nSPS) is 13.0. The summed E-state index contributed by atoms with van der Waals surface area (Å²) in [7, 11) is 0. The SMILES string of the molecule is [2H]c1c([2H])c([2H])c(-n2c3ccccc3c3cc(-c4ccc5c(c4)c4ccccc4n5-c4cc(-c5ccccc5)cc(-c5ccccc5)c4)ccc32)c([2H])c1[2H]. The van der Waals surface area contributed by atoms with Gasteiger partial charge in [0, 0.05) is 32.9 Å². The van der Waals surface area contributed by atoms with Gasteiger partial charge in [-0.3, -0.25) is 0 Å². The number of rotatable bonds is 5. The van der Waals surface area contributed by atoms with E-state index >= 15 is 0 Å². The molecule has 0 atom stereocenters. The Morgan fingerprint density at radius 2 is 0.740 bits per heavy atom. The van der Waals surface area contributed by atoms with Crippen LogP contribution in [0.1, 0.15) is 6.85 Å². The minimum atomic E-state index is -0.404. The van der Waals surface area contributed by atoms with Crippen LogP contribution in [0.4, 0.5) is 0 Å².